The Hall–Kier alpha value is -2.49. The molecule has 0 bridgehead atoms. The van der Waals surface area contributed by atoms with Crippen molar-refractivity contribution in [2.75, 3.05) is 13.1 Å². The maximum absolute atomic E-state index is 12.5. The first-order valence-electron chi connectivity index (χ1n) is 8.95. The van der Waals surface area contributed by atoms with Crippen LogP contribution in [0, 0.1) is 5.92 Å². The van der Waals surface area contributed by atoms with Gasteiger partial charge in [-0.15, -0.1) is 0 Å². The van der Waals surface area contributed by atoms with E-state index in [1.165, 1.54) is 5.56 Å². The van der Waals surface area contributed by atoms with Crippen molar-refractivity contribution in [1.82, 2.24) is 9.88 Å². The topological polar surface area (TPSA) is 50.3 Å². The van der Waals surface area contributed by atoms with E-state index >= 15 is 0 Å². The van der Waals surface area contributed by atoms with Crippen molar-refractivity contribution in [2.24, 2.45) is 5.92 Å². The van der Waals surface area contributed by atoms with Gasteiger partial charge in [0.1, 0.15) is 5.78 Å². The van der Waals surface area contributed by atoms with Gasteiger partial charge >= 0.3 is 0 Å². The van der Waals surface area contributed by atoms with Crippen LogP contribution in [0.25, 0.3) is 0 Å². The van der Waals surface area contributed by atoms with Crippen LogP contribution in [0.3, 0.4) is 0 Å². The molecule has 1 atom stereocenters. The van der Waals surface area contributed by atoms with Crippen molar-refractivity contribution in [2.45, 2.75) is 32.1 Å². The Morgan fingerprint density at radius 1 is 1.08 bits per heavy atom. The molecule has 1 aromatic carbocycles. The molecule has 1 aliphatic rings. The summed E-state index contributed by atoms with van der Waals surface area (Å²) in [6.45, 7) is 1.31. The van der Waals surface area contributed by atoms with Crippen molar-refractivity contribution in [1.29, 1.82) is 0 Å². The van der Waals surface area contributed by atoms with Crippen LogP contribution in [0.4, 0.5) is 0 Å². The zero-order valence-corrected chi connectivity index (χ0v) is 14.4. The molecule has 1 aromatic heterocycles. The second kappa shape index (κ2) is 8.56. The highest BCUT2D eigenvalue weighted by molar-refractivity contribution is 5.83. The predicted octanol–water partition coefficient (Wildman–Crippen LogP) is 3.06. The Kier molecular flexibility index (Phi) is 5.94. The number of hydrogen-bond acceptors (Lipinski definition) is 3. The molecule has 1 amide bonds. The van der Waals surface area contributed by atoms with Crippen LogP contribution < -0.4 is 0 Å². The second-order valence-corrected chi connectivity index (χ2v) is 6.67. The van der Waals surface area contributed by atoms with E-state index < -0.39 is 0 Å². The third kappa shape index (κ3) is 4.99. The number of ketones is 1. The fraction of sp³-hybridized carbons (Fsp3) is 0.381. The molecule has 0 saturated carbocycles. The summed E-state index contributed by atoms with van der Waals surface area (Å²) in [5.74, 6) is 0.353. The average Bonchev–Trinajstić information content (AvgIpc) is 2.68. The number of amides is 1. The lowest BCUT2D eigenvalue weighted by atomic mass is 9.90. The van der Waals surface area contributed by atoms with E-state index in [9.17, 15) is 9.59 Å². The minimum absolute atomic E-state index is 0.0182. The minimum atomic E-state index is -0.0182. The van der Waals surface area contributed by atoms with E-state index in [0.29, 0.717) is 19.4 Å². The molecule has 0 N–H and O–H groups in total. The van der Waals surface area contributed by atoms with Gasteiger partial charge in [0.05, 0.1) is 6.42 Å². The molecule has 0 radical (unpaired) electrons. The lowest BCUT2D eigenvalue weighted by Crippen LogP contribution is -2.43. The molecule has 4 heteroatoms. The number of piperidine rings is 1. The van der Waals surface area contributed by atoms with Gasteiger partial charge in [-0.25, -0.2) is 0 Å². The van der Waals surface area contributed by atoms with E-state index in [1.807, 2.05) is 35.2 Å². The van der Waals surface area contributed by atoms with Gasteiger partial charge in [-0.3, -0.25) is 14.6 Å². The van der Waals surface area contributed by atoms with E-state index in [-0.39, 0.29) is 17.6 Å². The molecule has 2 aromatic rings. The summed E-state index contributed by atoms with van der Waals surface area (Å²) in [6.07, 6.45) is 6.92. The Labute approximate surface area is 148 Å². The van der Waals surface area contributed by atoms with E-state index in [1.54, 1.807) is 12.4 Å². The Bertz CT molecular complexity index is 700. The first-order chi connectivity index (χ1) is 12.2. The molecular formula is C21H24N2O2. The van der Waals surface area contributed by atoms with Crippen LogP contribution >= 0.6 is 0 Å². The molecule has 1 saturated heterocycles. The molecule has 0 aliphatic carbocycles. The molecule has 1 aliphatic heterocycles. The van der Waals surface area contributed by atoms with Gasteiger partial charge in [0.2, 0.25) is 5.91 Å². The van der Waals surface area contributed by atoms with Crippen molar-refractivity contribution in [3.63, 3.8) is 0 Å². The standard InChI is InChI=1S/C21H24N2O2/c24-20(11-10-17-6-2-1-3-7-17)19-9-5-13-23(16-19)21(25)14-18-8-4-12-22-15-18/h1-4,6-8,12,15,19H,5,9-11,13-14,16H2/t19-/m1/s1. The maximum Gasteiger partial charge on any atom is 0.227 e. The average molecular weight is 336 g/mol. The SMILES string of the molecule is O=C(CCc1ccccc1)[C@@H]1CCCN(C(=O)Cc2cccnc2)C1. The number of benzene rings is 1. The fourth-order valence-corrected chi connectivity index (χ4v) is 3.37. The monoisotopic (exact) mass is 336 g/mol. The van der Waals surface area contributed by atoms with Gasteiger partial charge in [0.15, 0.2) is 0 Å². The summed E-state index contributed by atoms with van der Waals surface area (Å²) < 4.78 is 0. The highest BCUT2D eigenvalue weighted by Crippen LogP contribution is 2.20. The maximum atomic E-state index is 12.5. The van der Waals surface area contributed by atoms with Gasteiger partial charge in [-0.05, 0) is 36.5 Å². The van der Waals surface area contributed by atoms with Gasteiger partial charge in [0.25, 0.3) is 0 Å². The number of likely N-dealkylation sites (tertiary alicyclic amines) is 1. The summed E-state index contributed by atoms with van der Waals surface area (Å²) in [7, 11) is 0. The van der Waals surface area contributed by atoms with Gasteiger partial charge in [0, 0.05) is 37.8 Å². The lowest BCUT2D eigenvalue weighted by molar-refractivity contribution is -0.134. The molecule has 0 spiro atoms. The molecule has 0 unspecified atom stereocenters. The van der Waals surface area contributed by atoms with Crippen molar-refractivity contribution in [3.8, 4) is 0 Å². The summed E-state index contributed by atoms with van der Waals surface area (Å²) in [5, 5.41) is 0. The third-order valence-electron chi connectivity index (χ3n) is 4.81. The summed E-state index contributed by atoms with van der Waals surface area (Å²) in [4.78, 5) is 31.0. The van der Waals surface area contributed by atoms with Gasteiger partial charge in [-0.2, -0.15) is 0 Å². The van der Waals surface area contributed by atoms with E-state index in [0.717, 1.165) is 31.4 Å². The van der Waals surface area contributed by atoms with E-state index in [4.69, 9.17) is 0 Å². The van der Waals surface area contributed by atoms with Crippen LogP contribution in [-0.4, -0.2) is 34.7 Å². The number of carbonyl (C=O) groups excluding carboxylic acids is 2. The zero-order chi connectivity index (χ0) is 17.5. The summed E-state index contributed by atoms with van der Waals surface area (Å²) in [5.41, 5.74) is 2.11. The number of hydrogen-bond donors (Lipinski definition) is 0. The Morgan fingerprint density at radius 2 is 1.88 bits per heavy atom. The van der Waals surface area contributed by atoms with Crippen LogP contribution in [0.1, 0.15) is 30.4 Å². The largest absolute Gasteiger partial charge is 0.342 e. The molecule has 25 heavy (non-hydrogen) atoms. The first kappa shape index (κ1) is 17.3. The van der Waals surface area contributed by atoms with Crippen LogP contribution in [-0.2, 0) is 22.4 Å². The molecule has 3 rings (SSSR count). The molecule has 4 nitrogen and oxygen atoms in total. The van der Waals surface area contributed by atoms with Crippen molar-refractivity contribution >= 4 is 11.7 Å². The normalized spacial score (nSPS) is 17.3. The molecule has 2 heterocycles. The summed E-state index contributed by atoms with van der Waals surface area (Å²) >= 11 is 0. The molecular weight excluding hydrogens is 312 g/mol. The minimum Gasteiger partial charge on any atom is -0.342 e. The number of carbonyl (C=O) groups is 2. The molecule has 1 fully saturated rings. The fourth-order valence-electron chi connectivity index (χ4n) is 3.37. The second-order valence-electron chi connectivity index (χ2n) is 6.67. The number of pyridine rings is 1. The van der Waals surface area contributed by atoms with Crippen LogP contribution in [0.5, 0.6) is 0 Å². The predicted molar refractivity (Wildman–Crippen MR) is 97.0 cm³/mol. The van der Waals surface area contributed by atoms with Crippen molar-refractivity contribution < 1.29 is 9.59 Å². The van der Waals surface area contributed by atoms with E-state index in [2.05, 4.69) is 17.1 Å². The lowest BCUT2D eigenvalue weighted by Gasteiger charge is -2.32. The summed E-state index contributed by atoms with van der Waals surface area (Å²) in [6, 6.07) is 13.8. The first-order valence-corrected chi connectivity index (χ1v) is 8.95. The number of aryl methyl sites for hydroxylation is 1. The number of aromatic nitrogens is 1. The van der Waals surface area contributed by atoms with Gasteiger partial charge in [-0.1, -0.05) is 36.4 Å². The number of rotatable bonds is 6. The smallest absolute Gasteiger partial charge is 0.227 e. The Balaban J connectivity index is 1.51. The highest BCUT2D eigenvalue weighted by atomic mass is 16.2. The zero-order valence-electron chi connectivity index (χ0n) is 14.4. The number of Topliss-reactive ketones (excluding diaryl/α,β-unsaturated/α-hetero) is 1. The highest BCUT2D eigenvalue weighted by Gasteiger charge is 2.27. The Morgan fingerprint density at radius 3 is 2.64 bits per heavy atom. The third-order valence-corrected chi connectivity index (χ3v) is 4.81. The number of nitrogens with zero attached hydrogens (tertiary/aromatic N) is 2. The van der Waals surface area contributed by atoms with Gasteiger partial charge < -0.3 is 4.90 Å². The van der Waals surface area contributed by atoms with Crippen LogP contribution in [0.2, 0.25) is 0 Å². The van der Waals surface area contributed by atoms with Crippen molar-refractivity contribution in [3.05, 3.63) is 66.0 Å². The molecule has 130 valence electrons. The van der Waals surface area contributed by atoms with Crippen LogP contribution in [0.15, 0.2) is 54.9 Å². The quantitative estimate of drug-likeness (QED) is 0.814.